The number of ether oxygens (including phenoxy) is 1. The number of nitro groups is 1. The van der Waals surface area contributed by atoms with E-state index >= 15 is 0 Å². The highest BCUT2D eigenvalue weighted by atomic mass is 16.6. The molecule has 0 atom stereocenters. The van der Waals surface area contributed by atoms with Crippen molar-refractivity contribution < 1.29 is 9.66 Å². The normalized spacial score (nSPS) is 14.7. The Labute approximate surface area is 126 Å². The van der Waals surface area contributed by atoms with Crippen molar-refractivity contribution in [1.29, 1.82) is 0 Å². The van der Waals surface area contributed by atoms with Gasteiger partial charge in [0.15, 0.2) is 5.36 Å². The molecule has 0 amide bonds. The van der Waals surface area contributed by atoms with E-state index in [4.69, 9.17) is 4.74 Å². The van der Waals surface area contributed by atoms with Gasteiger partial charge in [0.2, 0.25) is 0 Å². The number of benzene rings is 2. The van der Waals surface area contributed by atoms with Gasteiger partial charge in [-0.2, -0.15) is 0 Å². The third-order valence-corrected chi connectivity index (χ3v) is 3.50. The van der Waals surface area contributed by atoms with Gasteiger partial charge in [-0.15, -0.1) is 0 Å². The van der Waals surface area contributed by atoms with Crippen LogP contribution in [0, 0.1) is 10.1 Å². The van der Waals surface area contributed by atoms with Gasteiger partial charge in [0.25, 0.3) is 5.69 Å². The lowest BCUT2D eigenvalue weighted by molar-refractivity contribution is -0.386. The van der Waals surface area contributed by atoms with Crippen LogP contribution in [0.5, 0.6) is 5.75 Å². The van der Waals surface area contributed by atoms with Crippen molar-refractivity contribution in [3.05, 3.63) is 57.2 Å². The fourth-order valence-corrected chi connectivity index (χ4v) is 2.52. The predicted octanol–water partition coefficient (Wildman–Crippen LogP) is 2.26. The molecule has 6 nitrogen and oxygen atoms in total. The van der Waals surface area contributed by atoms with E-state index in [1.165, 1.54) is 6.07 Å². The minimum atomic E-state index is -0.685. The third kappa shape index (κ3) is 2.32. The number of nitro benzene ring substituents is 1. The lowest BCUT2D eigenvalue weighted by atomic mass is 10.0. The summed E-state index contributed by atoms with van der Waals surface area (Å²) in [6.07, 6.45) is 0. The molecule has 2 aromatic carbocycles. The number of non-ortho nitro benzene ring substituents is 1. The molecule has 0 saturated heterocycles. The molecule has 1 aliphatic heterocycles. The molecule has 0 spiro atoms. The van der Waals surface area contributed by atoms with Gasteiger partial charge in [-0.25, -0.2) is 4.99 Å². The summed E-state index contributed by atoms with van der Waals surface area (Å²) in [5.74, 6) is 0.754. The first kappa shape index (κ1) is 14.2. The van der Waals surface area contributed by atoms with E-state index in [1.807, 2.05) is 38.1 Å². The zero-order valence-corrected chi connectivity index (χ0v) is 12.5. The van der Waals surface area contributed by atoms with Crippen LogP contribution in [0.1, 0.15) is 13.8 Å². The first-order valence-electron chi connectivity index (χ1n) is 6.83. The smallest absolute Gasteiger partial charge is 0.296 e. The van der Waals surface area contributed by atoms with Gasteiger partial charge in [0.05, 0.1) is 12.0 Å². The second kappa shape index (κ2) is 4.91. The summed E-state index contributed by atoms with van der Waals surface area (Å²) in [5, 5.41) is 12.1. The molecule has 3 rings (SSSR count). The van der Waals surface area contributed by atoms with E-state index < -0.39 is 10.6 Å². The Hall–Kier alpha value is -2.76. The van der Waals surface area contributed by atoms with Crippen molar-refractivity contribution in [3.63, 3.8) is 0 Å². The quantitative estimate of drug-likeness (QED) is 0.644. The first-order chi connectivity index (χ1) is 10.4. The molecule has 22 heavy (non-hydrogen) atoms. The van der Waals surface area contributed by atoms with E-state index in [2.05, 4.69) is 9.98 Å². The number of methoxy groups -OCH3 is 1. The van der Waals surface area contributed by atoms with Crippen LogP contribution in [0.15, 0.2) is 46.4 Å². The molecule has 0 aromatic heterocycles. The molecule has 0 bridgehead atoms. The number of rotatable bonds is 3. The van der Waals surface area contributed by atoms with Crippen LogP contribution in [0.25, 0.3) is 11.1 Å². The SMILES string of the molecule is COc1ccc(-c2ccc([N+](=O)[O-])c3c2=NC(C)(C)N=3)cc1. The maximum Gasteiger partial charge on any atom is 0.296 e. The van der Waals surface area contributed by atoms with E-state index in [0.717, 1.165) is 16.9 Å². The molecule has 1 aliphatic rings. The largest absolute Gasteiger partial charge is 0.497 e. The van der Waals surface area contributed by atoms with Crippen molar-refractivity contribution in [1.82, 2.24) is 0 Å². The Kier molecular flexibility index (Phi) is 3.16. The minimum Gasteiger partial charge on any atom is -0.497 e. The molecule has 0 saturated carbocycles. The fourth-order valence-electron chi connectivity index (χ4n) is 2.52. The Balaban J connectivity index is 2.27. The molecule has 0 N–H and O–H groups in total. The van der Waals surface area contributed by atoms with Crippen LogP contribution in [0.4, 0.5) is 5.69 Å². The topological polar surface area (TPSA) is 77.1 Å². The predicted molar refractivity (Wildman–Crippen MR) is 81.5 cm³/mol. The summed E-state index contributed by atoms with van der Waals surface area (Å²) >= 11 is 0. The van der Waals surface area contributed by atoms with Crippen molar-refractivity contribution in [3.8, 4) is 16.9 Å². The Morgan fingerprint density at radius 3 is 2.27 bits per heavy atom. The van der Waals surface area contributed by atoms with Gasteiger partial charge in [-0.1, -0.05) is 12.1 Å². The second-order valence-electron chi connectivity index (χ2n) is 5.53. The summed E-state index contributed by atoms with van der Waals surface area (Å²) in [6.45, 7) is 3.66. The fraction of sp³-hybridized carbons (Fsp3) is 0.250. The van der Waals surface area contributed by atoms with Crippen LogP contribution < -0.4 is 15.5 Å². The molecular formula is C16H15N3O3. The zero-order valence-electron chi connectivity index (χ0n) is 12.5. The van der Waals surface area contributed by atoms with Crippen LogP contribution in [0.3, 0.4) is 0 Å². The summed E-state index contributed by atoms with van der Waals surface area (Å²) in [7, 11) is 1.61. The lowest BCUT2D eigenvalue weighted by Crippen LogP contribution is -2.27. The number of nitrogens with zero attached hydrogens (tertiary/aromatic N) is 3. The van der Waals surface area contributed by atoms with E-state index in [1.54, 1.807) is 13.2 Å². The summed E-state index contributed by atoms with van der Waals surface area (Å²) in [5.41, 5.74) is 1.05. The number of hydrogen-bond acceptors (Lipinski definition) is 5. The molecular weight excluding hydrogens is 282 g/mol. The second-order valence-corrected chi connectivity index (χ2v) is 5.53. The van der Waals surface area contributed by atoms with E-state index in [-0.39, 0.29) is 5.69 Å². The van der Waals surface area contributed by atoms with Gasteiger partial charge in [-0.3, -0.25) is 15.1 Å². The highest BCUT2D eigenvalue weighted by molar-refractivity contribution is 5.65. The van der Waals surface area contributed by atoms with Crippen molar-refractivity contribution in [2.24, 2.45) is 9.98 Å². The number of fused-ring (bicyclic) bond motifs is 1. The standard InChI is InChI=1S/C16H15N3O3/c1-16(2)17-14-12(10-4-6-11(22-3)7-5-10)8-9-13(19(20)21)15(14)18-16/h4-9H,1-3H3. The summed E-state index contributed by atoms with van der Waals surface area (Å²) < 4.78 is 5.15. The maximum atomic E-state index is 11.2. The molecule has 0 aliphatic carbocycles. The van der Waals surface area contributed by atoms with E-state index in [0.29, 0.717) is 10.7 Å². The van der Waals surface area contributed by atoms with E-state index in [9.17, 15) is 10.1 Å². The van der Waals surface area contributed by atoms with Crippen LogP contribution in [0.2, 0.25) is 0 Å². The van der Waals surface area contributed by atoms with Gasteiger partial charge in [-0.05, 0) is 37.6 Å². The van der Waals surface area contributed by atoms with Gasteiger partial charge < -0.3 is 4.74 Å². The molecule has 1 heterocycles. The molecule has 112 valence electrons. The van der Waals surface area contributed by atoms with Crippen molar-refractivity contribution >= 4 is 5.69 Å². The number of hydrogen-bond donors (Lipinski definition) is 0. The van der Waals surface area contributed by atoms with Crippen molar-refractivity contribution in [2.45, 2.75) is 19.5 Å². The summed E-state index contributed by atoms with van der Waals surface area (Å²) in [6, 6.07) is 10.7. The highest BCUT2D eigenvalue weighted by Gasteiger charge is 2.25. The lowest BCUT2D eigenvalue weighted by Gasteiger charge is -2.07. The van der Waals surface area contributed by atoms with Gasteiger partial charge in [0, 0.05) is 11.6 Å². The van der Waals surface area contributed by atoms with Gasteiger partial charge >= 0.3 is 0 Å². The van der Waals surface area contributed by atoms with Crippen LogP contribution >= 0.6 is 0 Å². The maximum absolute atomic E-state index is 11.2. The third-order valence-electron chi connectivity index (χ3n) is 3.50. The minimum absolute atomic E-state index is 0.0124. The highest BCUT2D eigenvalue weighted by Crippen LogP contribution is 2.22. The molecule has 0 unspecified atom stereocenters. The average Bonchev–Trinajstić information content (AvgIpc) is 2.80. The Bertz CT molecular complexity index is 871. The Morgan fingerprint density at radius 2 is 1.68 bits per heavy atom. The van der Waals surface area contributed by atoms with Crippen LogP contribution in [-0.2, 0) is 0 Å². The molecule has 6 heteroatoms. The molecule has 0 radical (unpaired) electrons. The average molecular weight is 297 g/mol. The van der Waals surface area contributed by atoms with Crippen molar-refractivity contribution in [2.75, 3.05) is 7.11 Å². The monoisotopic (exact) mass is 297 g/mol. The zero-order chi connectivity index (χ0) is 15.9. The molecule has 0 fully saturated rings. The summed E-state index contributed by atoms with van der Waals surface area (Å²) in [4.78, 5) is 19.7. The Morgan fingerprint density at radius 1 is 1.05 bits per heavy atom. The molecule has 2 aromatic rings. The van der Waals surface area contributed by atoms with Crippen LogP contribution in [-0.4, -0.2) is 17.7 Å². The first-order valence-corrected chi connectivity index (χ1v) is 6.83. The van der Waals surface area contributed by atoms with Gasteiger partial charge in [0.1, 0.15) is 16.8 Å².